The van der Waals surface area contributed by atoms with Crippen LogP contribution in [-0.4, -0.2) is 20.3 Å². The summed E-state index contributed by atoms with van der Waals surface area (Å²) in [5.74, 6) is 1.60. The number of benzene rings is 2. The highest BCUT2D eigenvalue weighted by Gasteiger charge is 2.24. The summed E-state index contributed by atoms with van der Waals surface area (Å²) in [6, 6.07) is 15.6. The van der Waals surface area contributed by atoms with E-state index >= 15 is 0 Å². The van der Waals surface area contributed by atoms with Gasteiger partial charge in [0.25, 0.3) is 0 Å². The van der Waals surface area contributed by atoms with Crippen LogP contribution in [0, 0.1) is 0 Å². The lowest BCUT2D eigenvalue weighted by Gasteiger charge is -2.25. The highest BCUT2D eigenvalue weighted by molar-refractivity contribution is 5.91. The summed E-state index contributed by atoms with van der Waals surface area (Å²) in [7, 11) is 3.33. The molecule has 4 heteroatoms. The number of methoxy groups -OCH3 is 2. The van der Waals surface area contributed by atoms with E-state index in [1.54, 1.807) is 14.2 Å². The number of para-hydroxylation sites is 2. The highest BCUT2D eigenvalue weighted by Crippen LogP contribution is 2.38. The summed E-state index contributed by atoms with van der Waals surface area (Å²) >= 11 is 0. The maximum Gasteiger partial charge on any atom is 0.126 e. The molecule has 1 aliphatic carbocycles. The molecule has 124 valence electrons. The Labute approximate surface area is 142 Å². The van der Waals surface area contributed by atoms with E-state index < -0.39 is 0 Å². The summed E-state index contributed by atoms with van der Waals surface area (Å²) in [5.41, 5.74) is 17.4. The molecule has 24 heavy (non-hydrogen) atoms. The molecule has 3 rings (SSSR count). The molecule has 4 N–H and O–H groups in total. The van der Waals surface area contributed by atoms with Crippen molar-refractivity contribution in [2.75, 3.05) is 14.2 Å². The Bertz CT molecular complexity index is 809. The largest absolute Gasteiger partial charge is 0.496 e. The van der Waals surface area contributed by atoms with Gasteiger partial charge in [0.05, 0.1) is 14.2 Å². The molecule has 1 unspecified atom stereocenters. The quantitative estimate of drug-likeness (QED) is 0.907. The lowest BCUT2D eigenvalue weighted by molar-refractivity contribution is 0.413. The van der Waals surface area contributed by atoms with E-state index in [1.807, 2.05) is 48.5 Å². The lowest BCUT2D eigenvalue weighted by atomic mass is 9.85. The molecule has 0 amide bonds. The summed E-state index contributed by atoms with van der Waals surface area (Å²) in [4.78, 5) is 0. The second kappa shape index (κ2) is 6.81. The molecule has 1 atom stereocenters. The van der Waals surface area contributed by atoms with Crippen LogP contribution < -0.4 is 20.9 Å². The predicted molar refractivity (Wildman–Crippen MR) is 97.7 cm³/mol. The van der Waals surface area contributed by atoms with Crippen LogP contribution in [0.3, 0.4) is 0 Å². The van der Waals surface area contributed by atoms with Gasteiger partial charge in [-0.05, 0) is 23.8 Å². The van der Waals surface area contributed by atoms with Crippen molar-refractivity contribution in [3.05, 3.63) is 71.4 Å². The zero-order valence-corrected chi connectivity index (χ0v) is 14.0. The molecule has 2 aromatic rings. The van der Waals surface area contributed by atoms with Gasteiger partial charge in [-0.25, -0.2) is 0 Å². The minimum absolute atomic E-state index is 0.167. The van der Waals surface area contributed by atoms with Crippen molar-refractivity contribution in [1.82, 2.24) is 0 Å². The number of ether oxygens (including phenoxy) is 2. The third-order valence-corrected chi connectivity index (χ3v) is 4.30. The molecule has 0 heterocycles. The van der Waals surface area contributed by atoms with E-state index in [9.17, 15) is 0 Å². The van der Waals surface area contributed by atoms with E-state index in [-0.39, 0.29) is 6.04 Å². The van der Waals surface area contributed by atoms with Crippen LogP contribution in [0.2, 0.25) is 0 Å². The van der Waals surface area contributed by atoms with Gasteiger partial charge in [0, 0.05) is 34.9 Å². The normalized spacial score (nSPS) is 17.5. The molecule has 0 saturated heterocycles. The predicted octanol–water partition coefficient (Wildman–Crippen LogP) is 3.19. The van der Waals surface area contributed by atoms with Crippen LogP contribution in [0.4, 0.5) is 0 Å². The maximum atomic E-state index is 6.37. The standard InChI is InChI=1S/C20H22N2O2/c1-23-19-9-5-3-7-13(19)15-11-16(18(22)12-17(15)21)14-8-4-6-10-20(14)24-2/h3-11,17H,12,21-22H2,1-2H3. The first-order valence-corrected chi connectivity index (χ1v) is 7.88. The van der Waals surface area contributed by atoms with Crippen LogP contribution in [0.1, 0.15) is 17.5 Å². The van der Waals surface area contributed by atoms with Crippen molar-refractivity contribution in [2.45, 2.75) is 12.5 Å². The van der Waals surface area contributed by atoms with Gasteiger partial charge in [0.2, 0.25) is 0 Å². The molecule has 1 aliphatic rings. The van der Waals surface area contributed by atoms with Crippen molar-refractivity contribution < 1.29 is 9.47 Å². The number of allylic oxidation sites excluding steroid dienone is 2. The van der Waals surface area contributed by atoms with Crippen LogP contribution in [0.5, 0.6) is 11.5 Å². The van der Waals surface area contributed by atoms with Crippen LogP contribution in [0.25, 0.3) is 11.1 Å². The third-order valence-electron chi connectivity index (χ3n) is 4.30. The molecular weight excluding hydrogens is 300 g/mol. The first kappa shape index (κ1) is 16.1. The monoisotopic (exact) mass is 322 g/mol. The zero-order valence-electron chi connectivity index (χ0n) is 14.0. The Morgan fingerprint density at radius 1 is 0.875 bits per heavy atom. The van der Waals surface area contributed by atoms with Crippen LogP contribution in [-0.2, 0) is 0 Å². The van der Waals surface area contributed by atoms with Gasteiger partial charge in [0.1, 0.15) is 11.5 Å². The lowest BCUT2D eigenvalue weighted by Crippen LogP contribution is -2.27. The Morgan fingerprint density at radius 3 is 2.04 bits per heavy atom. The van der Waals surface area contributed by atoms with Gasteiger partial charge in [-0.3, -0.25) is 0 Å². The van der Waals surface area contributed by atoms with Gasteiger partial charge in [-0.1, -0.05) is 36.4 Å². The molecule has 2 aromatic carbocycles. The molecule has 0 saturated carbocycles. The van der Waals surface area contributed by atoms with Crippen LogP contribution in [0.15, 0.2) is 60.3 Å². The fraction of sp³-hybridized carbons (Fsp3) is 0.200. The van der Waals surface area contributed by atoms with Crippen molar-refractivity contribution in [3.63, 3.8) is 0 Å². The van der Waals surface area contributed by atoms with Crippen molar-refractivity contribution in [1.29, 1.82) is 0 Å². The number of rotatable bonds is 4. The molecule has 0 radical (unpaired) electrons. The van der Waals surface area contributed by atoms with E-state index in [2.05, 4.69) is 6.08 Å². The zero-order chi connectivity index (χ0) is 17.1. The highest BCUT2D eigenvalue weighted by atomic mass is 16.5. The smallest absolute Gasteiger partial charge is 0.126 e. The summed E-state index contributed by atoms with van der Waals surface area (Å²) in [6.45, 7) is 0. The second-order valence-corrected chi connectivity index (χ2v) is 5.75. The number of nitrogens with two attached hydrogens (primary N) is 2. The molecule has 0 bridgehead atoms. The summed E-state index contributed by atoms with van der Waals surface area (Å²) in [5, 5.41) is 0. The van der Waals surface area contributed by atoms with Gasteiger partial charge in [-0.2, -0.15) is 0 Å². The van der Waals surface area contributed by atoms with Crippen molar-refractivity contribution >= 4 is 11.1 Å². The second-order valence-electron chi connectivity index (χ2n) is 5.75. The number of hydrogen-bond acceptors (Lipinski definition) is 4. The SMILES string of the molecule is COc1ccccc1C1=CC(c2ccccc2OC)=C(N)CC1N. The van der Waals surface area contributed by atoms with E-state index in [0.29, 0.717) is 6.42 Å². The van der Waals surface area contributed by atoms with Gasteiger partial charge in [0.15, 0.2) is 0 Å². The first-order valence-electron chi connectivity index (χ1n) is 7.88. The minimum Gasteiger partial charge on any atom is -0.496 e. The Hall–Kier alpha value is -2.72. The van der Waals surface area contributed by atoms with Crippen LogP contribution >= 0.6 is 0 Å². The van der Waals surface area contributed by atoms with Gasteiger partial charge in [-0.15, -0.1) is 0 Å². The van der Waals surface area contributed by atoms with Crippen molar-refractivity contribution in [2.24, 2.45) is 11.5 Å². The third kappa shape index (κ3) is 2.88. The topological polar surface area (TPSA) is 70.5 Å². The molecule has 0 spiro atoms. The summed E-state index contributed by atoms with van der Waals surface area (Å²) in [6.07, 6.45) is 2.65. The average molecular weight is 322 g/mol. The maximum absolute atomic E-state index is 6.37. The molecule has 0 aromatic heterocycles. The number of hydrogen-bond donors (Lipinski definition) is 2. The van der Waals surface area contributed by atoms with Gasteiger partial charge >= 0.3 is 0 Å². The molecule has 0 aliphatic heterocycles. The minimum atomic E-state index is -0.167. The van der Waals surface area contributed by atoms with Crippen molar-refractivity contribution in [3.8, 4) is 11.5 Å². The molecule has 4 nitrogen and oxygen atoms in total. The molecule has 0 fully saturated rings. The average Bonchev–Trinajstić information content (AvgIpc) is 2.62. The Kier molecular flexibility index (Phi) is 4.58. The van der Waals surface area contributed by atoms with E-state index in [0.717, 1.165) is 39.5 Å². The Morgan fingerprint density at radius 2 is 1.42 bits per heavy atom. The fourth-order valence-electron chi connectivity index (χ4n) is 3.09. The molecular formula is C20H22N2O2. The van der Waals surface area contributed by atoms with Gasteiger partial charge < -0.3 is 20.9 Å². The fourth-order valence-corrected chi connectivity index (χ4v) is 3.09. The summed E-state index contributed by atoms with van der Waals surface area (Å²) < 4.78 is 11.0. The first-order chi connectivity index (χ1) is 11.7. The van der Waals surface area contributed by atoms with E-state index in [1.165, 1.54) is 0 Å². The van der Waals surface area contributed by atoms with E-state index in [4.69, 9.17) is 20.9 Å². The Balaban J connectivity index is 2.14.